The molecule has 0 aliphatic carbocycles. The summed E-state index contributed by atoms with van der Waals surface area (Å²) in [5.74, 6) is 0.629. The van der Waals surface area contributed by atoms with E-state index in [4.69, 9.17) is 13.9 Å². The predicted octanol–water partition coefficient (Wildman–Crippen LogP) is 4.45. The van der Waals surface area contributed by atoms with E-state index in [-0.39, 0.29) is 11.7 Å². The molecule has 3 heterocycles. The molecule has 0 saturated heterocycles. The van der Waals surface area contributed by atoms with Gasteiger partial charge in [-0.2, -0.15) is 0 Å². The smallest absolute Gasteiger partial charge is 0.272 e. The molecule has 1 aliphatic heterocycles. The number of nitrogens with one attached hydrogen (secondary N) is 1. The van der Waals surface area contributed by atoms with Crippen molar-refractivity contribution in [3.8, 4) is 11.5 Å². The zero-order valence-electron chi connectivity index (χ0n) is 15.4. The van der Waals surface area contributed by atoms with E-state index in [1.165, 1.54) is 12.1 Å². The number of hydrogen-bond acceptors (Lipinski definition) is 4. The number of hydrogen-bond donors (Lipinski definition) is 1. The Labute approximate surface area is 165 Å². The van der Waals surface area contributed by atoms with Crippen molar-refractivity contribution in [1.29, 1.82) is 0 Å². The van der Waals surface area contributed by atoms with Crippen LogP contribution in [-0.4, -0.2) is 23.7 Å². The van der Waals surface area contributed by atoms with Crippen LogP contribution in [0.4, 0.5) is 10.1 Å². The van der Waals surface area contributed by atoms with Crippen molar-refractivity contribution in [3.05, 3.63) is 77.9 Å². The summed E-state index contributed by atoms with van der Waals surface area (Å²) in [6, 6.07) is 15.0. The van der Waals surface area contributed by atoms with Gasteiger partial charge in [-0.3, -0.25) is 4.79 Å². The van der Waals surface area contributed by atoms with Gasteiger partial charge in [-0.1, -0.05) is 12.1 Å². The first-order valence-corrected chi connectivity index (χ1v) is 9.19. The third-order valence-electron chi connectivity index (χ3n) is 4.79. The van der Waals surface area contributed by atoms with E-state index in [1.807, 2.05) is 6.07 Å². The van der Waals surface area contributed by atoms with Gasteiger partial charge in [0, 0.05) is 30.4 Å². The second-order valence-corrected chi connectivity index (χ2v) is 6.73. The van der Waals surface area contributed by atoms with Gasteiger partial charge in [-0.25, -0.2) is 4.39 Å². The van der Waals surface area contributed by atoms with Crippen LogP contribution in [0.25, 0.3) is 11.1 Å². The number of ether oxygens (including phenoxy) is 2. The normalized spacial score (nSPS) is 12.9. The summed E-state index contributed by atoms with van der Waals surface area (Å²) >= 11 is 0. The van der Waals surface area contributed by atoms with E-state index >= 15 is 0 Å². The zero-order chi connectivity index (χ0) is 19.8. The van der Waals surface area contributed by atoms with Crippen molar-refractivity contribution in [2.24, 2.45) is 0 Å². The number of nitrogens with zero attached hydrogens (tertiary/aromatic N) is 1. The van der Waals surface area contributed by atoms with Crippen LogP contribution in [0.15, 0.2) is 65.3 Å². The molecule has 0 bridgehead atoms. The van der Waals surface area contributed by atoms with Gasteiger partial charge in [-0.15, -0.1) is 0 Å². The average Bonchev–Trinajstić information content (AvgIpc) is 3.31. The van der Waals surface area contributed by atoms with Crippen LogP contribution in [0, 0.1) is 5.82 Å². The molecule has 6 nitrogen and oxygen atoms in total. The summed E-state index contributed by atoms with van der Waals surface area (Å²) in [5.41, 5.74) is 3.11. The highest BCUT2D eigenvalue weighted by Crippen LogP contribution is 2.33. The molecule has 1 amide bonds. The zero-order valence-corrected chi connectivity index (χ0v) is 15.4. The lowest BCUT2D eigenvalue weighted by molar-refractivity contribution is 0.101. The van der Waals surface area contributed by atoms with Gasteiger partial charge in [0.2, 0.25) is 0 Å². The Morgan fingerprint density at radius 1 is 1.03 bits per heavy atom. The lowest BCUT2D eigenvalue weighted by Gasteiger charge is -2.19. The van der Waals surface area contributed by atoms with Crippen LogP contribution < -0.4 is 14.8 Å². The molecule has 0 atom stereocenters. The molecule has 1 N–H and O–H groups in total. The lowest BCUT2D eigenvalue weighted by atomic mass is 10.2. The number of halogens is 1. The summed E-state index contributed by atoms with van der Waals surface area (Å²) in [5, 5.41) is 2.89. The molecular weight excluding hydrogens is 375 g/mol. The first-order valence-electron chi connectivity index (χ1n) is 9.19. The number of aromatic nitrogens is 1. The van der Waals surface area contributed by atoms with Crippen LogP contribution in [0.2, 0.25) is 0 Å². The fourth-order valence-electron chi connectivity index (χ4n) is 3.47. The molecule has 146 valence electrons. The third kappa shape index (κ3) is 3.31. The Hall–Kier alpha value is -3.74. The number of furan rings is 1. The van der Waals surface area contributed by atoms with E-state index in [2.05, 4.69) is 5.32 Å². The molecule has 1 aliphatic rings. The number of rotatable bonds is 4. The number of fused-ring (bicyclic) bond motifs is 2. The van der Waals surface area contributed by atoms with Gasteiger partial charge in [0.15, 0.2) is 17.1 Å². The molecule has 0 spiro atoms. The second-order valence-electron chi connectivity index (χ2n) is 6.73. The molecule has 4 aromatic rings. The monoisotopic (exact) mass is 392 g/mol. The van der Waals surface area contributed by atoms with Gasteiger partial charge in [0.25, 0.3) is 5.91 Å². The summed E-state index contributed by atoms with van der Waals surface area (Å²) < 4.78 is 32.0. The summed E-state index contributed by atoms with van der Waals surface area (Å²) in [6.45, 7) is 1.31. The van der Waals surface area contributed by atoms with E-state index in [1.54, 1.807) is 47.2 Å². The predicted molar refractivity (Wildman–Crippen MR) is 105 cm³/mol. The Morgan fingerprint density at radius 2 is 1.90 bits per heavy atom. The number of anilines is 1. The summed E-state index contributed by atoms with van der Waals surface area (Å²) in [7, 11) is 0. The molecule has 7 heteroatoms. The number of carbonyl (C=O) groups excluding carboxylic acids is 1. The maximum atomic E-state index is 13.6. The minimum atomic E-state index is -0.319. The van der Waals surface area contributed by atoms with E-state index in [0.717, 1.165) is 11.1 Å². The fraction of sp³-hybridized carbons (Fsp3) is 0.136. The van der Waals surface area contributed by atoms with E-state index in [9.17, 15) is 9.18 Å². The van der Waals surface area contributed by atoms with Crippen molar-refractivity contribution < 1.29 is 23.1 Å². The quantitative estimate of drug-likeness (QED) is 0.557. The van der Waals surface area contributed by atoms with Crippen LogP contribution >= 0.6 is 0 Å². The first-order chi connectivity index (χ1) is 14.2. The molecular formula is C22H17FN2O4. The van der Waals surface area contributed by atoms with Gasteiger partial charge < -0.3 is 23.8 Å². The lowest BCUT2D eigenvalue weighted by Crippen LogP contribution is -2.18. The molecule has 0 radical (unpaired) electrons. The minimum absolute atomic E-state index is 0.301. The highest BCUT2D eigenvalue weighted by Gasteiger charge is 2.19. The van der Waals surface area contributed by atoms with Crippen molar-refractivity contribution >= 4 is 22.7 Å². The SMILES string of the molecule is O=C(Nc1ccc2c(c1)OCCO2)c1cc2occc2n1Cc1cccc(F)c1. The van der Waals surface area contributed by atoms with Crippen LogP contribution in [0.5, 0.6) is 11.5 Å². The topological polar surface area (TPSA) is 65.6 Å². The number of carbonyl (C=O) groups is 1. The Kier molecular flexibility index (Phi) is 4.20. The second kappa shape index (κ2) is 7.01. The largest absolute Gasteiger partial charge is 0.486 e. The third-order valence-corrected chi connectivity index (χ3v) is 4.79. The van der Waals surface area contributed by atoms with Crippen molar-refractivity contribution in [1.82, 2.24) is 4.57 Å². The minimum Gasteiger partial charge on any atom is -0.486 e. The summed E-state index contributed by atoms with van der Waals surface area (Å²) in [4.78, 5) is 13.0. The van der Waals surface area contributed by atoms with Crippen molar-refractivity contribution in [3.63, 3.8) is 0 Å². The molecule has 0 saturated carbocycles. The molecule has 0 fully saturated rings. The van der Waals surface area contributed by atoms with E-state index in [0.29, 0.717) is 48.2 Å². The van der Waals surface area contributed by atoms with Gasteiger partial charge >= 0.3 is 0 Å². The first kappa shape index (κ1) is 17.4. The van der Waals surface area contributed by atoms with Crippen LogP contribution in [-0.2, 0) is 6.54 Å². The fourth-order valence-corrected chi connectivity index (χ4v) is 3.47. The molecule has 2 aromatic heterocycles. The van der Waals surface area contributed by atoms with Gasteiger partial charge in [0.1, 0.15) is 24.7 Å². The average molecular weight is 392 g/mol. The van der Waals surface area contributed by atoms with Crippen molar-refractivity contribution in [2.45, 2.75) is 6.54 Å². The highest BCUT2D eigenvalue weighted by molar-refractivity contribution is 6.06. The Morgan fingerprint density at radius 3 is 2.76 bits per heavy atom. The van der Waals surface area contributed by atoms with Crippen molar-refractivity contribution in [2.75, 3.05) is 18.5 Å². The molecule has 0 unspecified atom stereocenters. The Bertz CT molecular complexity index is 1210. The Balaban J connectivity index is 1.46. The van der Waals surface area contributed by atoms with E-state index < -0.39 is 0 Å². The summed E-state index contributed by atoms with van der Waals surface area (Å²) in [6.07, 6.45) is 1.56. The number of amides is 1. The molecule has 2 aromatic carbocycles. The van der Waals surface area contributed by atoms with Crippen LogP contribution in [0.3, 0.4) is 0 Å². The van der Waals surface area contributed by atoms with Crippen LogP contribution in [0.1, 0.15) is 16.1 Å². The van der Waals surface area contributed by atoms with Gasteiger partial charge in [0.05, 0.1) is 11.8 Å². The highest BCUT2D eigenvalue weighted by atomic mass is 19.1. The maximum Gasteiger partial charge on any atom is 0.272 e. The standard InChI is InChI=1S/C22H17FN2O4/c23-15-3-1-2-14(10-15)13-25-17-6-7-27-20(17)12-18(25)22(26)24-16-4-5-19-21(11-16)29-9-8-28-19/h1-7,10-12H,8-9,13H2,(H,24,26). The maximum absolute atomic E-state index is 13.6. The molecule has 5 rings (SSSR count). The van der Waals surface area contributed by atoms with Gasteiger partial charge in [-0.05, 0) is 29.8 Å². The number of benzene rings is 2. The molecule has 29 heavy (non-hydrogen) atoms.